The van der Waals surface area contributed by atoms with Gasteiger partial charge in [-0.1, -0.05) is 13.0 Å². The molecule has 0 radical (unpaired) electrons. The summed E-state index contributed by atoms with van der Waals surface area (Å²) in [6.45, 7) is 4.32. The van der Waals surface area contributed by atoms with Crippen LogP contribution >= 0.6 is 0 Å². The van der Waals surface area contributed by atoms with Crippen molar-refractivity contribution >= 4 is 5.78 Å². The summed E-state index contributed by atoms with van der Waals surface area (Å²) in [4.78, 5) is 12.3. The highest BCUT2D eigenvalue weighted by molar-refractivity contribution is 6.04. The molecule has 5 nitrogen and oxygen atoms in total. The third-order valence-corrected chi connectivity index (χ3v) is 5.99. The molecule has 23 heavy (non-hydrogen) atoms. The lowest BCUT2D eigenvalue weighted by molar-refractivity contribution is -0.126. The van der Waals surface area contributed by atoms with Gasteiger partial charge in [-0.25, -0.2) is 0 Å². The van der Waals surface area contributed by atoms with E-state index in [-0.39, 0.29) is 30.1 Å². The summed E-state index contributed by atoms with van der Waals surface area (Å²) >= 11 is 0. The Balaban J connectivity index is 2.15. The van der Waals surface area contributed by atoms with Crippen LogP contribution in [0.15, 0.2) is 23.5 Å². The Bertz CT molecular complexity index is 552. The zero-order chi connectivity index (χ0) is 16.8. The van der Waals surface area contributed by atoms with Crippen LogP contribution in [0.3, 0.4) is 0 Å². The molecule has 0 amide bonds. The molecule has 3 N–H and O–H groups in total. The van der Waals surface area contributed by atoms with E-state index in [1.54, 1.807) is 6.08 Å². The number of carbonyl (C=O) groups is 1. The van der Waals surface area contributed by atoms with Crippen molar-refractivity contribution in [2.24, 2.45) is 23.2 Å². The van der Waals surface area contributed by atoms with E-state index >= 15 is 0 Å². The number of allylic oxidation sites excluding steroid dienone is 3. The number of aliphatic hydroxyl groups is 3. The van der Waals surface area contributed by atoms with Gasteiger partial charge >= 0.3 is 0 Å². The molecule has 3 rings (SSSR count). The first kappa shape index (κ1) is 16.7. The number of carbonyl (C=O) groups excluding carboxylic acids is 1. The summed E-state index contributed by atoms with van der Waals surface area (Å²) in [6, 6.07) is 0. The molecule has 3 aliphatic rings. The molecular weight excluding hydrogens is 296 g/mol. The number of hydrogen-bond acceptors (Lipinski definition) is 5. The van der Waals surface area contributed by atoms with Crippen molar-refractivity contribution in [3.63, 3.8) is 0 Å². The van der Waals surface area contributed by atoms with Crippen molar-refractivity contribution in [1.29, 1.82) is 0 Å². The maximum Gasteiger partial charge on any atom is 0.220 e. The Labute approximate surface area is 136 Å². The van der Waals surface area contributed by atoms with Gasteiger partial charge in [-0.05, 0) is 49.7 Å². The minimum Gasteiger partial charge on any atom is -0.490 e. The first-order valence-corrected chi connectivity index (χ1v) is 8.52. The molecule has 0 saturated heterocycles. The largest absolute Gasteiger partial charge is 0.490 e. The third kappa shape index (κ3) is 2.37. The van der Waals surface area contributed by atoms with Gasteiger partial charge in [-0.2, -0.15) is 0 Å². The lowest BCUT2D eigenvalue weighted by atomic mass is 9.48. The van der Waals surface area contributed by atoms with Crippen LogP contribution in [0.1, 0.15) is 33.1 Å². The van der Waals surface area contributed by atoms with Crippen molar-refractivity contribution in [3.8, 4) is 0 Å². The van der Waals surface area contributed by atoms with Crippen molar-refractivity contribution in [1.82, 2.24) is 0 Å². The van der Waals surface area contributed by atoms with Crippen LogP contribution in [0.5, 0.6) is 0 Å². The molecule has 5 heteroatoms. The van der Waals surface area contributed by atoms with E-state index in [1.807, 2.05) is 13.0 Å². The smallest absolute Gasteiger partial charge is 0.220 e. The zero-order valence-corrected chi connectivity index (χ0v) is 13.7. The molecule has 128 valence electrons. The summed E-state index contributed by atoms with van der Waals surface area (Å²) in [5, 5.41) is 30.5. The number of rotatable bonds is 3. The van der Waals surface area contributed by atoms with E-state index in [9.17, 15) is 20.1 Å². The highest BCUT2D eigenvalue weighted by atomic mass is 16.5. The van der Waals surface area contributed by atoms with Crippen molar-refractivity contribution in [2.45, 2.75) is 45.3 Å². The molecule has 2 unspecified atom stereocenters. The molecule has 3 aliphatic carbocycles. The molecular formula is C18H26O5. The predicted molar refractivity (Wildman–Crippen MR) is 84.3 cm³/mol. The fourth-order valence-electron chi connectivity index (χ4n) is 4.93. The topological polar surface area (TPSA) is 87.0 Å². The molecule has 0 aromatic heterocycles. The van der Waals surface area contributed by atoms with Crippen molar-refractivity contribution in [3.05, 3.63) is 23.5 Å². The fourth-order valence-corrected chi connectivity index (χ4v) is 4.93. The first-order chi connectivity index (χ1) is 11.0. The van der Waals surface area contributed by atoms with Gasteiger partial charge in [0.25, 0.3) is 0 Å². The van der Waals surface area contributed by atoms with E-state index in [2.05, 4.69) is 6.92 Å². The SMILES string of the molecule is CCOC1=C2C[C@H](CO)CC3[C@@H](O)[C@@H](O)C[C@@H](C)C23C=CC1=O. The zero-order valence-electron chi connectivity index (χ0n) is 13.7. The van der Waals surface area contributed by atoms with Crippen LogP contribution in [0, 0.1) is 23.2 Å². The minimum atomic E-state index is -0.851. The summed E-state index contributed by atoms with van der Waals surface area (Å²) in [5.74, 6) is 0.110. The Hall–Kier alpha value is -1.17. The highest BCUT2D eigenvalue weighted by Gasteiger charge is 2.58. The molecule has 0 heterocycles. The molecule has 1 spiro atoms. The lowest BCUT2D eigenvalue weighted by Gasteiger charge is -2.57. The van der Waals surface area contributed by atoms with Crippen LogP contribution in [0.2, 0.25) is 0 Å². The van der Waals surface area contributed by atoms with Gasteiger partial charge in [0.05, 0.1) is 18.8 Å². The fraction of sp³-hybridized carbons (Fsp3) is 0.722. The second-order valence-electron chi connectivity index (χ2n) is 7.16. The first-order valence-electron chi connectivity index (χ1n) is 8.52. The van der Waals surface area contributed by atoms with E-state index in [0.29, 0.717) is 31.6 Å². The van der Waals surface area contributed by atoms with Crippen LogP contribution in [-0.4, -0.2) is 46.5 Å². The predicted octanol–water partition coefficient (Wildman–Crippen LogP) is 1.18. The van der Waals surface area contributed by atoms with Crippen LogP contribution in [0.25, 0.3) is 0 Å². The summed E-state index contributed by atoms with van der Waals surface area (Å²) < 4.78 is 5.66. The third-order valence-electron chi connectivity index (χ3n) is 5.99. The maximum absolute atomic E-state index is 12.3. The average molecular weight is 322 g/mol. The summed E-state index contributed by atoms with van der Waals surface area (Å²) in [7, 11) is 0. The quantitative estimate of drug-likeness (QED) is 0.726. The molecule has 2 saturated carbocycles. The van der Waals surface area contributed by atoms with E-state index in [1.165, 1.54) is 0 Å². The monoisotopic (exact) mass is 322 g/mol. The number of ether oxygens (including phenoxy) is 1. The lowest BCUT2D eigenvalue weighted by Crippen LogP contribution is -2.57. The van der Waals surface area contributed by atoms with Gasteiger partial charge in [0.1, 0.15) is 0 Å². The molecule has 0 aliphatic heterocycles. The Morgan fingerprint density at radius 1 is 1.35 bits per heavy atom. The number of aliphatic hydroxyl groups excluding tert-OH is 3. The van der Waals surface area contributed by atoms with E-state index in [4.69, 9.17) is 4.74 Å². The van der Waals surface area contributed by atoms with E-state index in [0.717, 1.165) is 5.57 Å². The van der Waals surface area contributed by atoms with Crippen LogP contribution in [0.4, 0.5) is 0 Å². The highest BCUT2D eigenvalue weighted by Crippen LogP contribution is 2.60. The van der Waals surface area contributed by atoms with Crippen molar-refractivity contribution < 1.29 is 24.9 Å². The van der Waals surface area contributed by atoms with Gasteiger partial charge < -0.3 is 20.1 Å². The normalized spacial score (nSPS) is 43.2. The molecule has 2 fully saturated rings. The summed E-state index contributed by atoms with van der Waals surface area (Å²) in [6.07, 6.45) is 3.60. The van der Waals surface area contributed by atoms with Gasteiger partial charge in [-0.3, -0.25) is 4.79 Å². The minimum absolute atomic E-state index is 0.00455. The van der Waals surface area contributed by atoms with Gasteiger partial charge in [0.2, 0.25) is 5.78 Å². The van der Waals surface area contributed by atoms with Gasteiger partial charge in [0, 0.05) is 17.9 Å². The standard InChI is InChI=1S/C18H26O5/c1-3-23-17-13-8-11(9-19)7-12-16(22)15(21)6-10(2)18(12,13)5-4-14(17)20/h4-5,10-12,15-16,19,21-22H,3,6-9H2,1-2H3/t10-,11-,12?,15+,16-,18?/m1/s1. The Morgan fingerprint density at radius 3 is 2.74 bits per heavy atom. The second kappa shape index (κ2) is 6.04. The Morgan fingerprint density at radius 2 is 2.09 bits per heavy atom. The number of ketones is 1. The Kier molecular flexibility index (Phi) is 4.38. The summed E-state index contributed by atoms with van der Waals surface area (Å²) in [5.41, 5.74) is 0.448. The second-order valence-corrected chi connectivity index (χ2v) is 7.16. The molecule has 6 atom stereocenters. The van der Waals surface area contributed by atoms with E-state index < -0.39 is 17.6 Å². The van der Waals surface area contributed by atoms with Crippen LogP contribution in [-0.2, 0) is 9.53 Å². The van der Waals surface area contributed by atoms with Crippen LogP contribution < -0.4 is 0 Å². The average Bonchev–Trinajstić information content (AvgIpc) is 2.54. The maximum atomic E-state index is 12.3. The van der Waals surface area contributed by atoms with Crippen molar-refractivity contribution in [2.75, 3.05) is 13.2 Å². The molecule has 0 aromatic carbocycles. The van der Waals surface area contributed by atoms with Gasteiger partial charge in [0.15, 0.2) is 5.76 Å². The molecule has 0 aromatic rings. The van der Waals surface area contributed by atoms with Gasteiger partial charge in [-0.15, -0.1) is 0 Å². The molecule has 0 bridgehead atoms. The number of hydrogen-bond donors (Lipinski definition) is 3.